The van der Waals surface area contributed by atoms with Crippen LogP contribution in [0.5, 0.6) is 0 Å². The van der Waals surface area contributed by atoms with Gasteiger partial charge in [0.1, 0.15) is 5.78 Å². The monoisotopic (exact) mass is 263 g/mol. The zero-order valence-electron chi connectivity index (χ0n) is 11.0. The van der Waals surface area contributed by atoms with Crippen LogP contribution >= 0.6 is 11.8 Å². The normalized spacial score (nSPS) is 42.6. The first-order valence-corrected chi connectivity index (χ1v) is 8.03. The lowest BCUT2D eigenvalue weighted by Crippen LogP contribution is -2.49. The summed E-state index contributed by atoms with van der Waals surface area (Å²) in [6.07, 6.45) is 8.60. The molecular weight excluding hydrogens is 242 g/mol. The number of carbonyl (C=O) groups is 1. The van der Waals surface area contributed by atoms with Crippen LogP contribution in [0.1, 0.15) is 51.9 Å². The van der Waals surface area contributed by atoms with Crippen molar-refractivity contribution in [2.45, 2.75) is 61.9 Å². The molecule has 4 fully saturated rings. The molecule has 3 heteroatoms. The first-order chi connectivity index (χ1) is 8.60. The van der Waals surface area contributed by atoms with Gasteiger partial charge in [0.25, 0.3) is 0 Å². The van der Waals surface area contributed by atoms with Crippen LogP contribution < -0.4 is 0 Å². The Balaban J connectivity index is 1.75. The maximum atomic E-state index is 11.7. The highest BCUT2D eigenvalue weighted by atomic mass is 32.2. The Morgan fingerprint density at radius 1 is 1.28 bits per heavy atom. The third-order valence-electron chi connectivity index (χ3n) is 5.10. The van der Waals surface area contributed by atoms with Crippen LogP contribution in [0, 0.1) is 29.1 Å². The minimum absolute atomic E-state index is 0.0775. The van der Waals surface area contributed by atoms with E-state index in [1.165, 1.54) is 38.5 Å². The van der Waals surface area contributed by atoms with Crippen molar-refractivity contribution in [3.8, 4) is 6.07 Å². The summed E-state index contributed by atoms with van der Waals surface area (Å²) < 4.78 is 0.349. The maximum Gasteiger partial charge on any atom is 0.143 e. The molecule has 4 bridgehead atoms. The van der Waals surface area contributed by atoms with Gasteiger partial charge < -0.3 is 0 Å². The van der Waals surface area contributed by atoms with Crippen molar-refractivity contribution in [1.29, 1.82) is 5.26 Å². The number of ketones is 1. The Kier molecular flexibility index (Phi) is 3.18. The van der Waals surface area contributed by atoms with Crippen molar-refractivity contribution in [3.05, 3.63) is 0 Å². The van der Waals surface area contributed by atoms with Crippen LogP contribution in [0.3, 0.4) is 0 Å². The minimum atomic E-state index is -0.0775. The summed E-state index contributed by atoms with van der Waals surface area (Å²) in [4.78, 5) is 11.7. The minimum Gasteiger partial charge on any atom is -0.299 e. The fourth-order valence-electron chi connectivity index (χ4n) is 4.83. The summed E-state index contributed by atoms with van der Waals surface area (Å²) in [6, 6.07) is 2.19. The first-order valence-electron chi connectivity index (χ1n) is 7.15. The largest absolute Gasteiger partial charge is 0.299 e. The Morgan fingerprint density at radius 3 is 2.17 bits per heavy atom. The Morgan fingerprint density at radius 2 is 1.78 bits per heavy atom. The third-order valence-corrected chi connectivity index (χ3v) is 6.89. The third kappa shape index (κ3) is 2.20. The first kappa shape index (κ1) is 12.5. The summed E-state index contributed by atoms with van der Waals surface area (Å²) in [5, 5.41) is 8.81. The van der Waals surface area contributed by atoms with Gasteiger partial charge >= 0.3 is 0 Å². The van der Waals surface area contributed by atoms with Gasteiger partial charge in [-0.25, -0.2) is 0 Å². The molecule has 0 N–H and O–H groups in total. The molecule has 0 saturated heterocycles. The quantitative estimate of drug-likeness (QED) is 0.778. The zero-order valence-corrected chi connectivity index (χ0v) is 11.8. The fourth-order valence-corrected chi connectivity index (χ4v) is 6.75. The van der Waals surface area contributed by atoms with E-state index in [0.29, 0.717) is 11.2 Å². The lowest BCUT2D eigenvalue weighted by molar-refractivity contribution is -0.116. The summed E-state index contributed by atoms with van der Waals surface area (Å²) in [5.74, 6) is 2.94. The van der Waals surface area contributed by atoms with Gasteiger partial charge in [0, 0.05) is 4.75 Å². The van der Waals surface area contributed by atoms with Gasteiger partial charge in [0.05, 0.1) is 17.7 Å². The lowest BCUT2D eigenvalue weighted by Gasteiger charge is -2.57. The molecule has 0 heterocycles. The molecule has 18 heavy (non-hydrogen) atoms. The van der Waals surface area contributed by atoms with Gasteiger partial charge in [-0.15, -0.1) is 11.8 Å². The maximum absolute atomic E-state index is 11.7. The highest BCUT2D eigenvalue weighted by molar-refractivity contribution is 8.02. The summed E-state index contributed by atoms with van der Waals surface area (Å²) in [6.45, 7) is 1.65. The number of rotatable bonds is 4. The molecule has 4 aliphatic rings. The molecule has 0 spiro atoms. The zero-order chi connectivity index (χ0) is 12.8. The van der Waals surface area contributed by atoms with Gasteiger partial charge in [0.2, 0.25) is 0 Å². The molecule has 0 radical (unpaired) electrons. The summed E-state index contributed by atoms with van der Waals surface area (Å²) in [5.41, 5.74) is 0. The van der Waals surface area contributed by atoms with Crippen molar-refractivity contribution in [2.75, 3.05) is 0 Å². The lowest BCUT2D eigenvalue weighted by atomic mass is 9.56. The topological polar surface area (TPSA) is 40.9 Å². The summed E-state index contributed by atoms with van der Waals surface area (Å²) in [7, 11) is 0. The van der Waals surface area contributed by atoms with Crippen LogP contribution in [-0.2, 0) is 4.79 Å². The van der Waals surface area contributed by atoms with E-state index in [4.69, 9.17) is 5.26 Å². The Labute approximate surface area is 114 Å². The number of nitriles is 1. The van der Waals surface area contributed by atoms with Crippen molar-refractivity contribution in [1.82, 2.24) is 0 Å². The number of thioether (sulfide) groups is 1. The van der Waals surface area contributed by atoms with E-state index in [0.717, 1.165) is 17.8 Å². The van der Waals surface area contributed by atoms with Crippen molar-refractivity contribution >= 4 is 17.5 Å². The highest BCUT2D eigenvalue weighted by Gasteiger charge is 2.52. The standard InChI is InChI=1S/C15H21NOS/c1-10(17)14(2-3-16)18-15-7-11-4-12(8-15)6-13(5-11)9-15/h11-14H,2,4-9H2,1H3. The van der Waals surface area contributed by atoms with E-state index < -0.39 is 0 Å². The molecule has 4 saturated carbocycles. The van der Waals surface area contributed by atoms with Crippen LogP contribution in [-0.4, -0.2) is 15.8 Å². The second-order valence-corrected chi connectivity index (χ2v) is 8.35. The molecule has 0 aromatic heterocycles. The van der Waals surface area contributed by atoms with E-state index >= 15 is 0 Å². The fraction of sp³-hybridized carbons (Fsp3) is 0.867. The molecule has 0 amide bonds. The van der Waals surface area contributed by atoms with E-state index in [1.807, 2.05) is 11.8 Å². The molecule has 1 atom stereocenters. The van der Waals surface area contributed by atoms with Gasteiger partial charge in [0.15, 0.2) is 0 Å². The van der Waals surface area contributed by atoms with Gasteiger partial charge in [-0.2, -0.15) is 5.26 Å². The second kappa shape index (κ2) is 4.56. The molecule has 0 aromatic rings. The summed E-state index contributed by atoms with van der Waals surface area (Å²) >= 11 is 1.86. The SMILES string of the molecule is CC(=O)C(CC#N)SC12CC3CC(CC(C3)C1)C2. The van der Waals surface area contributed by atoms with Crippen LogP contribution in [0.2, 0.25) is 0 Å². The van der Waals surface area contributed by atoms with Crippen LogP contribution in [0.15, 0.2) is 0 Å². The van der Waals surface area contributed by atoms with Crippen LogP contribution in [0.4, 0.5) is 0 Å². The van der Waals surface area contributed by atoms with E-state index in [9.17, 15) is 4.79 Å². The van der Waals surface area contributed by atoms with E-state index in [-0.39, 0.29) is 11.0 Å². The van der Waals surface area contributed by atoms with Gasteiger partial charge in [-0.05, 0) is 63.2 Å². The van der Waals surface area contributed by atoms with Crippen molar-refractivity contribution < 1.29 is 4.79 Å². The van der Waals surface area contributed by atoms with Gasteiger partial charge in [-0.3, -0.25) is 4.79 Å². The number of hydrogen-bond donors (Lipinski definition) is 0. The molecule has 0 aromatic carbocycles. The predicted octanol–water partition coefficient (Wildman–Crippen LogP) is 3.56. The van der Waals surface area contributed by atoms with E-state index in [2.05, 4.69) is 6.07 Å². The molecule has 2 nitrogen and oxygen atoms in total. The average molecular weight is 263 g/mol. The molecule has 0 aliphatic heterocycles. The van der Waals surface area contributed by atoms with Crippen molar-refractivity contribution in [2.24, 2.45) is 17.8 Å². The van der Waals surface area contributed by atoms with Crippen LogP contribution in [0.25, 0.3) is 0 Å². The smallest absolute Gasteiger partial charge is 0.143 e. The second-order valence-electron chi connectivity index (χ2n) is 6.68. The molecule has 4 aliphatic carbocycles. The molecule has 4 rings (SSSR count). The number of hydrogen-bond acceptors (Lipinski definition) is 3. The predicted molar refractivity (Wildman–Crippen MR) is 73.2 cm³/mol. The number of carbonyl (C=O) groups excluding carboxylic acids is 1. The molecule has 98 valence electrons. The molecule has 1 unspecified atom stereocenters. The van der Waals surface area contributed by atoms with E-state index in [1.54, 1.807) is 6.92 Å². The average Bonchev–Trinajstić information content (AvgIpc) is 2.26. The van der Waals surface area contributed by atoms with Gasteiger partial charge in [-0.1, -0.05) is 0 Å². The molecular formula is C15H21NOS. The Hall–Kier alpha value is -0.490. The Bertz CT molecular complexity index is 363. The van der Waals surface area contributed by atoms with Crippen molar-refractivity contribution in [3.63, 3.8) is 0 Å². The number of nitrogens with zero attached hydrogens (tertiary/aromatic N) is 1. The number of Topliss-reactive ketones (excluding diaryl/α,β-unsaturated/α-hetero) is 1. The highest BCUT2D eigenvalue weighted by Crippen LogP contribution is 2.61.